The lowest BCUT2D eigenvalue weighted by molar-refractivity contribution is -0.120. The number of hydrogen-bond donors (Lipinski definition) is 2. The molecule has 0 unspecified atom stereocenters. The van der Waals surface area contributed by atoms with Crippen LogP contribution in [-0.4, -0.2) is 47.2 Å². The molecule has 1 aromatic heterocycles. The molecule has 2 N–H and O–H groups in total. The Balaban J connectivity index is 2.01. The molecule has 10 heteroatoms. The van der Waals surface area contributed by atoms with Crippen LogP contribution in [0.25, 0.3) is 0 Å². The summed E-state index contributed by atoms with van der Waals surface area (Å²) in [6.45, 7) is 8.78. The van der Waals surface area contributed by atoms with Crippen molar-refractivity contribution in [2.24, 2.45) is 11.8 Å². The molecule has 0 spiro atoms. The molecule has 2 aromatic rings. The number of nitrogens with zero attached hydrogens (tertiary/aromatic N) is 2. The first-order chi connectivity index (χ1) is 15.0. The molecule has 1 aromatic carbocycles. The number of carbonyl (C=O) groups is 3. The van der Waals surface area contributed by atoms with E-state index in [2.05, 4.69) is 15.6 Å². The molecule has 0 aliphatic carbocycles. The molecule has 0 radical (unpaired) electrons. The lowest BCUT2D eigenvalue weighted by Gasteiger charge is -2.24. The summed E-state index contributed by atoms with van der Waals surface area (Å²) in [5.41, 5.74) is 0.864. The number of thiazole rings is 1. The third kappa shape index (κ3) is 8.41. The van der Waals surface area contributed by atoms with E-state index in [4.69, 9.17) is 23.2 Å². The van der Waals surface area contributed by atoms with Gasteiger partial charge >= 0.3 is 0 Å². The molecule has 32 heavy (non-hydrogen) atoms. The molecule has 2 rings (SSSR count). The van der Waals surface area contributed by atoms with Gasteiger partial charge < -0.3 is 15.5 Å². The highest BCUT2D eigenvalue weighted by Crippen LogP contribution is 2.23. The summed E-state index contributed by atoms with van der Waals surface area (Å²) in [6, 6.07) is 4.64. The molecule has 0 bridgehead atoms. The molecule has 0 aliphatic heterocycles. The highest BCUT2D eigenvalue weighted by molar-refractivity contribution is 7.13. The van der Waals surface area contributed by atoms with Crippen LogP contribution < -0.4 is 10.6 Å². The molecule has 0 fully saturated rings. The highest BCUT2D eigenvalue weighted by Gasteiger charge is 2.22. The number of nitrogens with one attached hydrogen (secondary N) is 2. The fraction of sp³-hybridized carbons (Fsp3) is 0.455. The van der Waals surface area contributed by atoms with Crippen molar-refractivity contribution in [3.63, 3.8) is 0 Å². The number of halogens is 2. The fourth-order valence-corrected chi connectivity index (χ4v) is 4.03. The van der Waals surface area contributed by atoms with E-state index in [1.165, 1.54) is 22.3 Å². The third-order valence-electron chi connectivity index (χ3n) is 4.22. The zero-order valence-electron chi connectivity index (χ0n) is 18.6. The highest BCUT2D eigenvalue weighted by atomic mass is 35.5. The first kappa shape index (κ1) is 26.1. The minimum atomic E-state index is -0.380. The smallest absolute Gasteiger partial charge is 0.255 e. The molecule has 0 saturated heterocycles. The van der Waals surface area contributed by atoms with Crippen LogP contribution in [0.15, 0.2) is 23.6 Å². The molecule has 0 saturated carbocycles. The number of aromatic nitrogens is 1. The van der Waals surface area contributed by atoms with Crippen molar-refractivity contribution in [3.05, 3.63) is 44.9 Å². The molecule has 0 atom stereocenters. The van der Waals surface area contributed by atoms with Gasteiger partial charge in [0.25, 0.3) is 5.91 Å². The van der Waals surface area contributed by atoms with Gasteiger partial charge in [-0.15, -0.1) is 11.3 Å². The summed E-state index contributed by atoms with van der Waals surface area (Å²) in [5, 5.41) is 8.31. The van der Waals surface area contributed by atoms with Crippen molar-refractivity contribution in [2.45, 2.75) is 34.1 Å². The van der Waals surface area contributed by atoms with Gasteiger partial charge in [-0.3, -0.25) is 14.4 Å². The Kier molecular flexibility index (Phi) is 9.93. The van der Waals surface area contributed by atoms with Crippen LogP contribution in [0.5, 0.6) is 0 Å². The second-order valence-corrected chi connectivity index (χ2v) is 9.97. The van der Waals surface area contributed by atoms with Crippen LogP contribution in [0.4, 0.5) is 5.13 Å². The summed E-state index contributed by atoms with van der Waals surface area (Å²) in [4.78, 5) is 43.3. The summed E-state index contributed by atoms with van der Waals surface area (Å²) in [5.74, 6) is -0.334. The standard InChI is InChI=1S/C22H28Cl2N4O3S/c1-13(2)9-25-19(29)8-16-12-32-22(26-16)27-20(30)11-28(10-14(3)4)21(31)17-6-5-15(23)7-18(17)24/h5-7,12-14H,8-11H2,1-4H3,(H,25,29)(H,26,27,30). The fourth-order valence-electron chi connectivity index (χ4n) is 2.82. The molecule has 174 valence electrons. The second-order valence-electron chi connectivity index (χ2n) is 8.27. The van der Waals surface area contributed by atoms with Crippen molar-refractivity contribution in [1.82, 2.24) is 15.2 Å². The zero-order valence-corrected chi connectivity index (χ0v) is 20.9. The Morgan fingerprint density at radius 3 is 2.44 bits per heavy atom. The predicted octanol–water partition coefficient (Wildman–Crippen LogP) is 4.50. The second kappa shape index (κ2) is 12.2. The summed E-state index contributed by atoms with van der Waals surface area (Å²) in [7, 11) is 0. The van der Waals surface area contributed by atoms with Gasteiger partial charge in [0.05, 0.1) is 22.7 Å². The van der Waals surface area contributed by atoms with E-state index in [-0.39, 0.29) is 47.2 Å². The van der Waals surface area contributed by atoms with E-state index in [9.17, 15) is 14.4 Å². The summed E-state index contributed by atoms with van der Waals surface area (Å²) >= 11 is 13.3. The zero-order chi connectivity index (χ0) is 23.8. The minimum Gasteiger partial charge on any atom is -0.356 e. The monoisotopic (exact) mass is 498 g/mol. The van der Waals surface area contributed by atoms with Crippen LogP contribution in [-0.2, 0) is 16.0 Å². The van der Waals surface area contributed by atoms with Crippen LogP contribution in [0, 0.1) is 11.8 Å². The van der Waals surface area contributed by atoms with E-state index in [0.717, 1.165) is 0 Å². The lowest BCUT2D eigenvalue weighted by atomic mass is 10.1. The van der Waals surface area contributed by atoms with E-state index in [1.807, 2.05) is 27.7 Å². The third-order valence-corrected chi connectivity index (χ3v) is 5.57. The maximum atomic E-state index is 13.0. The normalized spacial score (nSPS) is 11.0. The van der Waals surface area contributed by atoms with Gasteiger partial charge in [-0.2, -0.15) is 0 Å². The average molecular weight is 499 g/mol. The quantitative estimate of drug-likeness (QED) is 0.504. The van der Waals surface area contributed by atoms with Crippen LogP contribution in [0.3, 0.4) is 0 Å². The van der Waals surface area contributed by atoms with Crippen molar-refractivity contribution in [3.8, 4) is 0 Å². The van der Waals surface area contributed by atoms with Crippen molar-refractivity contribution >= 4 is 57.4 Å². The van der Waals surface area contributed by atoms with Gasteiger partial charge in [-0.05, 0) is 30.0 Å². The van der Waals surface area contributed by atoms with Gasteiger partial charge in [0.1, 0.15) is 6.54 Å². The summed E-state index contributed by atoms with van der Waals surface area (Å²) in [6.07, 6.45) is 0.145. The van der Waals surface area contributed by atoms with E-state index in [0.29, 0.717) is 34.9 Å². The first-order valence-electron chi connectivity index (χ1n) is 10.3. The maximum Gasteiger partial charge on any atom is 0.255 e. The SMILES string of the molecule is CC(C)CNC(=O)Cc1csc(NC(=O)CN(CC(C)C)C(=O)c2ccc(Cl)cc2Cl)n1. The number of amides is 3. The Labute approximate surface area is 202 Å². The minimum absolute atomic E-state index is 0.115. The van der Waals surface area contributed by atoms with Gasteiger partial charge in [0.2, 0.25) is 11.8 Å². The maximum absolute atomic E-state index is 13.0. The molecular weight excluding hydrogens is 471 g/mol. The van der Waals surface area contributed by atoms with E-state index in [1.54, 1.807) is 17.5 Å². The van der Waals surface area contributed by atoms with Crippen LogP contribution in [0.2, 0.25) is 10.0 Å². The molecule has 0 aliphatic rings. The van der Waals surface area contributed by atoms with Crippen molar-refractivity contribution in [2.75, 3.05) is 25.0 Å². The Morgan fingerprint density at radius 1 is 1.09 bits per heavy atom. The molecule has 7 nitrogen and oxygen atoms in total. The number of hydrogen-bond acceptors (Lipinski definition) is 5. The Morgan fingerprint density at radius 2 is 1.81 bits per heavy atom. The van der Waals surface area contributed by atoms with Gasteiger partial charge in [-0.1, -0.05) is 50.9 Å². The van der Waals surface area contributed by atoms with Crippen molar-refractivity contribution in [1.29, 1.82) is 0 Å². The van der Waals surface area contributed by atoms with Gasteiger partial charge in [0.15, 0.2) is 5.13 Å². The van der Waals surface area contributed by atoms with Crippen molar-refractivity contribution < 1.29 is 14.4 Å². The van der Waals surface area contributed by atoms with E-state index < -0.39 is 0 Å². The van der Waals surface area contributed by atoms with E-state index >= 15 is 0 Å². The topological polar surface area (TPSA) is 91.4 Å². The number of rotatable bonds is 10. The van der Waals surface area contributed by atoms with Crippen LogP contribution in [0.1, 0.15) is 43.7 Å². The number of carbonyl (C=O) groups excluding carboxylic acids is 3. The number of benzene rings is 1. The van der Waals surface area contributed by atoms with Gasteiger partial charge in [0, 0.05) is 23.5 Å². The Bertz CT molecular complexity index is 962. The number of anilines is 1. The lowest BCUT2D eigenvalue weighted by Crippen LogP contribution is -2.40. The van der Waals surface area contributed by atoms with Crippen LogP contribution >= 0.6 is 34.5 Å². The molecular formula is C22H28Cl2N4O3S. The Hall–Kier alpha value is -2.16. The predicted molar refractivity (Wildman–Crippen MR) is 129 cm³/mol. The molecule has 3 amide bonds. The largest absolute Gasteiger partial charge is 0.356 e. The van der Waals surface area contributed by atoms with Gasteiger partial charge in [-0.25, -0.2) is 4.98 Å². The average Bonchev–Trinajstić information content (AvgIpc) is 3.11. The summed E-state index contributed by atoms with van der Waals surface area (Å²) < 4.78 is 0. The molecule has 1 heterocycles. The first-order valence-corrected chi connectivity index (χ1v) is 11.9.